The van der Waals surface area contributed by atoms with E-state index in [1.165, 1.54) is 25.7 Å². The van der Waals surface area contributed by atoms with E-state index in [2.05, 4.69) is 6.92 Å². The third kappa shape index (κ3) is 5.22. The van der Waals surface area contributed by atoms with Crippen LogP contribution in [0.25, 0.3) is 0 Å². The molecule has 2 aliphatic rings. The molecule has 0 radical (unpaired) electrons. The van der Waals surface area contributed by atoms with Crippen molar-refractivity contribution in [3.05, 3.63) is 0 Å². The highest BCUT2D eigenvalue weighted by molar-refractivity contribution is 5.81. The minimum Gasteiger partial charge on any atom is -0.444 e. The summed E-state index contributed by atoms with van der Waals surface area (Å²) in [6, 6.07) is 0.403. The number of piperidine rings is 1. The van der Waals surface area contributed by atoms with Crippen molar-refractivity contribution in [2.75, 3.05) is 0 Å². The number of carbonyl (C=O) groups is 2. The number of rotatable bonds is 7. The van der Waals surface area contributed by atoms with Crippen LogP contribution in [0.4, 0.5) is 4.79 Å². The Morgan fingerprint density at radius 1 is 1.00 bits per heavy atom. The first-order chi connectivity index (χ1) is 11.3. The van der Waals surface area contributed by atoms with Crippen molar-refractivity contribution in [3.8, 4) is 0 Å². The number of fused-ring (bicyclic) bond motifs is 2. The Labute approximate surface area is 147 Å². The van der Waals surface area contributed by atoms with E-state index in [1.807, 2.05) is 25.7 Å². The van der Waals surface area contributed by atoms with Gasteiger partial charge in [0.2, 0.25) is 0 Å². The Morgan fingerprint density at radius 2 is 1.58 bits per heavy atom. The van der Waals surface area contributed by atoms with Crippen molar-refractivity contribution in [2.45, 2.75) is 110 Å². The summed E-state index contributed by atoms with van der Waals surface area (Å²) < 4.78 is 5.56. The van der Waals surface area contributed by atoms with Crippen LogP contribution in [0.2, 0.25) is 0 Å². The molecule has 0 aromatic carbocycles. The van der Waals surface area contributed by atoms with E-state index in [0.717, 1.165) is 38.5 Å². The monoisotopic (exact) mass is 337 g/mol. The minimum absolute atomic E-state index is 0.160. The number of nitrogens with zero attached hydrogens (tertiary/aromatic N) is 1. The molecule has 0 aromatic rings. The number of unbranched alkanes of at least 4 members (excludes halogenated alkanes) is 4. The van der Waals surface area contributed by atoms with Gasteiger partial charge in [-0.2, -0.15) is 0 Å². The molecule has 2 atom stereocenters. The molecule has 138 valence electrons. The van der Waals surface area contributed by atoms with Crippen LogP contribution in [-0.4, -0.2) is 34.5 Å². The van der Waals surface area contributed by atoms with Gasteiger partial charge < -0.3 is 9.64 Å². The lowest BCUT2D eigenvalue weighted by Crippen LogP contribution is -2.49. The summed E-state index contributed by atoms with van der Waals surface area (Å²) >= 11 is 0. The number of ketones is 1. The summed E-state index contributed by atoms with van der Waals surface area (Å²) in [5.41, 5.74) is -0.457. The van der Waals surface area contributed by atoms with Crippen molar-refractivity contribution >= 4 is 11.9 Å². The van der Waals surface area contributed by atoms with Gasteiger partial charge in [0.05, 0.1) is 0 Å². The largest absolute Gasteiger partial charge is 0.444 e. The molecule has 2 saturated heterocycles. The van der Waals surface area contributed by atoms with E-state index in [9.17, 15) is 9.59 Å². The van der Waals surface area contributed by atoms with Gasteiger partial charge in [0, 0.05) is 24.4 Å². The quantitative estimate of drug-likeness (QED) is 0.608. The molecule has 2 heterocycles. The molecule has 2 unspecified atom stereocenters. The maximum atomic E-state index is 12.5. The average Bonchev–Trinajstić information content (AvgIpc) is 2.75. The van der Waals surface area contributed by atoms with Crippen LogP contribution in [0.15, 0.2) is 0 Å². The van der Waals surface area contributed by atoms with Crippen LogP contribution in [0.1, 0.15) is 91.9 Å². The summed E-state index contributed by atoms with van der Waals surface area (Å²) in [7, 11) is 0. The predicted molar refractivity (Wildman–Crippen MR) is 96.0 cm³/mol. The summed E-state index contributed by atoms with van der Waals surface area (Å²) in [6.07, 6.45) is 10.2. The fourth-order valence-electron chi connectivity index (χ4n) is 4.16. The van der Waals surface area contributed by atoms with Crippen LogP contribution in [0.5, 0.6) is 0 Å². The van der Waals surface area contributed by atoms with E-state index in [0.29, 0.717) is 5.78 Å². The van der Waals surface area contributed by atoms with Crippen molar-refractivity contribution in [1.82, 2.24) is 4.90 Å². The molecular formula is C20H35NO3. The van der Waals surface area contributed by atoms with E-state index in [1.54, 1.807) is 0 Å². The fraction of sp³-hybridized carbons (Fsp3) is 0.900. The first-order valence-corrected chi connectivity index (χ1v) is 9.86. The first-order valence-electron chi connectivity index (χ1n) is 9.86. The number of Topliss-reactive ketones (excluding diaryl/α,β-unsaturated/α-hetero) is 1. The van der Waals surface area contributed by atoms with E-state index >= 15 is 0 Å². The van der Waals surface area contributed by atoms with Gasteiger partial charge in [0.25, 0.3) is 0 Å². The van der Waals surface area contributed by atoms with Gasteiger partial charge in [-0.3, -0.25) is 4.79 Å². The number of carbonyl (C=O) groups excluding carboxylic acids is 2. The molecular weight excluding hydrogens is 302 g/mol. The Morgan fingerprint density at radius 3 is 2.12 bits per heavy atom. The van der Waals surface area contributed by atoms with E-state index in [4.69, 9.17) is 4.74 Å². The third-order valence-corrected chi connectivity index (χ3v) is 5.32. The maximum absolute atomic E-state index is 12.5. The summed E-state index contributed by atoms with van der Waals surface area (Å²) in [5.74, 6) is 0.583. The minimum atomic E-state index is -0.457. The molecule has 2 aliphatic heterocycles. The van der Waals surface area contributed by atoms with Crippen LogP contribution in [0.3, 0.4) is 0 Å². The average molecular weight is 338 g/mol. The SMILES string of the molecule is CCCCCCCC(=O)C1CC2CCC(C1)N2C(=O)OC(C)(C)C. The Kier molecular flexibility index (Phi) is 6.70. The Bertz CT molecular complexity index is 427. The summed E-state index contributed by atoms with van der Waals surface area (Å²) in [6.45, 7) is 7.92. The zero-order chi connectivity index (χ0) is 17.7. The van der Waals surface area contributed by atoms with E-state index in [-0.39, 0.29) is 24.1 Å². The molecule has 2 rings (SSSR count). The summed E-state index contributed by atoms with van der Waals surface area (Å²) in [5, 5.41) is 0. The highest BCUT2D eigenvalue weighted by Crippen LogP contribution is 2.40. The van der Waals surface area contributed by atoms with Crippen LogP contribution < -0.4 is 0 Å². The molecule has 2 bridgehead atoms. The van der Waals surface area contributed by atoms with Gasteiger partial charge in [-0.15, -0.1) is 0 Å². The van der Waals surface area contributed by atoms with Gasteiger partial charge in [0.15, 0.2) is 0 Å². The maximum Gasteiger partial charge on any atom is 0.410 e. The molecule has 1 amide bonds. The van der Waals surface area contributed by atoms with Crippen LogP contribution >= 0.6 is 0 Å². The standard InChI is InChI=1S/C20H35NO3/c1-5-6-7-8-9-10-18(22)15-13-16-11-12-17(14-15)21(16)19(23)24-20(2,3)4/h15-17H,5-14H2,1-4H3. The molecule has 0 saturated carbocycles. The topological polar surface area (TPSA) is 46.6 Å². The highest BCUT2D eigenvalue weighted by Gasteiger charge is 2.46. The lowest BCUT2D eigenvalue weighted by atomic mass is 9.85. The van der Waals surface area contributed by atoms with Gasteiger partial charge in [-0.25, -0.2) is 4.79 Å². The van der Waals surface area contributed by atoms with Crippen molar-refractivity contribution < 1.29 is 14.3 Å². The fourth-order valence-corrected chi connectivity index (χ4v) is 4.16. The number of hydrogen-bond acceptors (Lipinski definition) is 3. The lowest BCUT2D eigenvalue weighted by molar-refractivity contribution is -0.125. The Balaban J connectivity index is 1.81. The highest BCUT2D eigenvalue weighted by atomic mass is 16.6. The smallest absolute Gasteiger partial charge is 0.410 e. The lowest BCUT2D eigenvalue weighted by Gasteiger charge is -2.39. The molecule has 0 spiro atoms. The van der Waals surface area contributed by atoms with Crippen molar-refractivity contribution in [3.63, 3.8) is 0 Å². The molecule has 24 heavy (non-hydrogen) atoms. The molecule has 4 nitrogen and oxygen atoms in total. The third-order valence-electron chi connectivity index (χ3n) is 5.32. The zero-order valence-electron chi connectivity index (χ0n) is 16.0. The number of ether oxygens (including phenoxy) is 1. The molecule has 0 N–H and O–H groups in total. The molecule has 2 fully saturated rings. The van der Waals surface area contributed by atoms with Crippen molar-refractivity contribution in [1.29, 1.82) is 0 Å². The van der Waals surface area contributed by atoms with Gasteiger partial charge in [0.1, 0.15) is 11.4 Å². The second kappa shape index (κ2) is 8.35. The normalized spacial score (nSPS) is 26.5. The molecule has 0 aliphatic carbocycles. The number of amides is 1. The zero-order valence-corrected chi connectivity index (χ0v) is 16.0. The second-order valence-corrected chi connectivity index (χ2v) is 8.57. The van der Waals surface area contributed by atoms with Gasteiger partial charge >= 0.3 is 6.09 Å². The first kappa shape index (κ1) is 19.3. The predicted octanol–water partition coefficient (Wildman–Crippen LogP) is 5.09. The summed E-state index contributed by atoms with van der Waals surface area (Å²) in [4.78, 5) is 26.9. The number of hydrogen-bond donors (Lipinski definition) is 0. The molecule has 0 aromatic heterocycles. The van der Waals surface area contributed by atoms with E-state index < -0.39 is 5.60 Å². The second-order valence-electron chi connectivity index (χ2n) is 8.57. The van der Waals surface area contributed by atoms with Crippen LogP contribution in [0, 0.1) is 5.92 Å². The van der Waals surface area contributed by atoms with Gasteiger partial charge in [-0.05, 0) is 52.9 Å². The van der Waals surface area contributed by atoms with Crippen molar-refractivity contribution in [2.24, 2.45) is 5.92 Å². The van der Waals surface area contributed by atoms with Crippen LogP contribution in [-0.2, 0) is 9.53 Å². The Hall–Kier alpha value is -1.06. The molecule has 4 heteroatoms. The van der Waals surface area contributed by atoms with Gasteiger partial charge in [-0.1, -0.05) is 32.6 Å².